The van der Waals surface area contributed by atoms with Crippen LogP contribution in [-0.2, 0) is 18.9 Å². The lowest BCUT2D eigenvalue weighted by atomic mass is 10.3. The van der Waals surface area contributed by atoms with E-state index in [1.54, 1.807) is 21.6 Å². The van der Waals surface area contributed by atoms with E-state index in [1.807, 2.05) is 27.7 Å². The van der Waals surface area contributed by atoms with Crippen LogP contribution < -0.4 is 0 Å². The summed E-state index contributed by atoms with van der Waals surface area (Å²) in [7, 11) is 3.42. The van der Waals surface area contributed by atoms with E-state index in [2.05, 4.69) is 20.0 Å². The third-order valence-electron chi connectivity index (χ3n) is 3.65. The standard InChI is InChI=1S/C18H30N4O4S2/c1-5-23-15-9-19-17(25-7-3)13(21-15)11-27-28-12-14-18(26-8-4)20-10-16(22-14)24-6-2/h13-14H,5-12H2,1-4H3/t13-,14-/m0/s1. The van der Waals surface area contributed by atoms with Crippen LogP contribution in [0.3, 0.4) is 0 Å². The van der Waals surface area contributed by atoms with Crippen molar-refractivity contribution in [3.05, 3.63) is 0 Å². The highest BCUT2D eigenvalue weighted by Gasteiger charge is 2.25. The number of hydrogen-bond donors (Lipinski definition) is 0. The van der Waals surface area contributed by atoms with Crippen LogP contribution in [-0.4, -0.2) is 86.7 Å². The van der Waals surface area contributed by atoms with Gasteiger partial charge in [-0.2, -0.15) is 0 Å². The lowest BCUT2D eigenvalue weighted by Gasteiger charge is -2.22. The molecule has 2 rings (SSSR count). The van der Waals surface area contributed by atoms with Crippen molar-refractivity contribution < 1.29 is 18.9 Å². The molecule has 0 saturated heterocycles. The topological polar surface area (TPSA) is 86.4 Å². The van der Waals surface area contributed by atoms with Gasteiger partial charge in [0.1, 0.15) is 25.2 Å². The number of ether oxygens (including phenoxy) is 4. The Balaban J connectivity index is 1.87. The lowest BCUT2D eigenvalue weighted by molar-refractivity contribution is 0.296. The molecule has 0 aliphatic carbocycles. The van der Waals surface area contributed by atoms with Crippen molar-refractivity contribution in [2.45, 2.75) is 39.8 Å². The highest BCUT2D eigenvalue weighted by molar-refractivity contribution is 8.76. The molecule has 2 aliphatic rings. The first-order chi connectivity index (χ1) is 13.7. The minimum atomic E-state index is -0.123. The molecule has 10 heteroatoms. The van der Waals surface area contributed by atoms with Crippen molar-refractivity contribution in [1.82, 2.24) is 0 Å². The van der Waals surface area contributed by atoms with Crippen LogP contribution in [0.2, 0.25) is 0 Å². The molecule has 28 heavy (non-hydrogen) atoms. The third kappa shape index (κ3) is 7.20. The number of rotatable bonds is 9. The molecule has 2 atom stereocenters. The highest BCUT2D eigenvalue weighted by Crippen LogP contribution is 2.27. The zero-order valence-electron chi connectivity index (χ0n) is 17.0. The van der Waals surface area contributed by atoms with Gasteiger partial charge in [0.25, 0.3) is 0 Å². The monoisotopic (exact) mass is 430 g/mol. The number of nitrogens with zero attached hydrogens (tertiary/aromatic N) is 4. The van der Waals surface area contributed by atoms with Crippen LogP contribution in [0.25, 0.3) is 0 Å². The van der Waals surface area contributed by atoms with Gasteiger partial charge in [0.15, 0.2) is 0 Å². The van der Waals surface area contributed by atoms with Crippen molar-refractivity contribution in [2.24, 2.45) is 20.0 Å². The Labute approximate surface area is 175 Å². The molecule has 0 amide bonds. The van der Waals surface area contributed by atoms with Gasteiger partial charge in [0, 0.05) is 11.5 Å². The van der Waals surface area contributed by atoms with Crippen molar-refractivity contribution in [2.75, 3.05) is 51.0 Å². The maximum Gasteiger partial charge on any atom is 0.210 e. The molecule has 0 aromatic rings. The van der Waals surface area contributed by atoms with Crippen LogP contribution in [0.15, 0.2) is 20.0 Å². The molecule has 0 fully saturated rings. The number of hydrogen-bond acceptors (Lipinski definition) is 10. The molecule has 0 aromatic heterocycles. The fourth-order valence-electron chi connectivity index (χ4n) is 2.56. The fourth-order valence-corrected chi connectivity index (χ4v) is 4.80. The normalized spacial score (nSPS) is 21.9. The van der Waals surface area contributed by atoms with E-state index in [1.165, 1.54) is 0 Å². The summed E-state index contributed by atoms with van der Waals surface area (Å²) in [6.45, 7) is 11.0. The van der Waals surface area contributed by atoms with Crippen LogP contribution in [0.5, 0.6) is 0 Å². The molecular formula is C18H30N4O4S2. The SMILES string of the molecule is CCOC1=N[C@@H](CSSC[C@@H]2N=C(OCC)CN=C2OCC)C(OCC)=NC1. The van der Waals surface area contributed by atoms with Crippen LogP contribution in [0.4, 0.5) is 0 Å². The molecular weight excluding hydrogens is 400 g/mol. The van der Waals surface area contributed by atoms with Gasteiger partial charge in [-0.15, -0.1) is 0 Å². The lowest BCUT2D eigenvalue weighted by Crippen LogP contribution is -2.32. The Hall–Kier alpha value is -1.42. The predicted octanol–water partition coefficient (Wildman–Crippen LogP) is 2.87. The Bertz CT molecular complexity index is 558. The second kappa shape index (κ2) is 12.9. The zero-order chi connectivity index (χ0) is 20.2. The third-order valence-corrected chi connectivity index (χ3v) is 6.04. The number of aliphatic imine (C=N–C) groups is 4. The van der Waals surface area contributed by atoms with E-state index < -0.39 is 0 Å². The molecule has 0 spiro atoms. The maximum atomic E-state index is 5.65. The smallest absolute Gasteiger partial charge is 0.210 e. The van der Waals surface area contributed by atoms with Crippen LogP contribution in [0.1, 0.15) is 27.7 Å². The molecule has 0 bridgehead atoms. The maximum absolute atomic E-state index is 5.65. The molecule has 0 aromatic carbocycles. The van der Waals surface area contributed by atoms with Crippen LogP contribution >= 0.6 is 21.6 Å². The molecule has 0 unspecified atom stereocenters. The molecule has 0 saturated carbocycles. The van der Waals surface area contributed by atoms with Crippen LogP contribution in [0, 0.1) is 0 Å². The Morgan fingerprint density at radius 2 is 1.07 bits per heavy atom. The molecule has 2 aliphatic heterocycles. The van der Waals surface area contributed by atoms with Gasteiger partial charge in [-0.3, -0.25) is 0 Å². The predicted molar refractivity (Wildman–Crippen MR) is 118 cm³/mol. The van der Waals surface area contributed by atoms with E-state index in [0.717, 1.165) is 11.5 Å². The van der Waals surface area contributed by atoms with Gasteiger partial charge in [-0.1, -0.05) is 21.6 Å². The van der Waals surface area contributed by atoms with Crippen molar-refractivity contribution in [1.29, 1.82) is 0 Å². The van der Waals surface area contributed by atoms with E-state index in [4.69, 9.17) is 18.9 Å². The molecule has 0 radical (unpaired) electrons. The summed E-state index contributed by atoms with van der Waals surface area (Å²) in [4.78, 5) is 18.2. The average Bonchev–Trinajstić information content (AvgIpc) is 2.69. The molecule has 2 heterocycles. The summed E-state index contributed by atoms with van der Waals surface area (Å²) in [5, 5.41) is 0. The van der Waals surface area contributed by atoms with Gasteiger partial charge in [-0.05, 0) is 27.7 Å². The van der Waals surface area contributed by atoms with Crippen molar-refractivity contribution in [3.8, 4) is 0 Å². The quantitative estimate of drug-likeness (QED) is 0.413. The minimum absolute atomic E-state index is 0.123. The zero-order valence-corrected chi connectivity index (χ0v) is 18.7. The van der Waals surface area contributed by atoms with E-state index >= 15 is 0 Å². The Kier molecular flexibility index (Phi) is 10.6. The van der Waals surface area contributed by atoms with Gasteiger partial charge in [0.05, 0.1) is 26.4 Å². The largest absolute Gasteiger partial charge is 0.480 e. The molecule has 158 valence electrons. The van der Waals surface area contributed by atoms with Crippen molar-refractivity contribution >= 4 is 45.2 Å². The van der Waals surface area contributed by atoms with E-state index in [-0.39, 0.29) is 12.1 Å². The van der Waals surface area contributed by atoms with E-state index in [0.29, 0.717) is 63.1 Å². The van der Waals surface area contributed by atoms with Gasteiger partial charge in [-0.25, -0.2) is 20.0 Å². The van der Waals surface area contributed by atoms with Gasteiger partial charge in [0.2, 0.25) is 23.6 Å². The highest BCUT2D eigenvalue weighted by atomic mass is 33.1. The second-order valence-electron chi connectivity index (χ2n) is 5.69. The first kappa shape index (κ1) is 22.9. The first-order valence-corrected chi connectivity index (χ1v) is 12.2. The summed E-state index contributed by atoms with van der Waals surface area (Å²) < 4.78 is 22.3. The van der Waals surface area contributed by atoms with E-state index in [9.17, 15) is 0 Å². The van der Waals surface area contributed by atoms with Gasteiger partial charge < -0.3 is 18.9 Å². The average molecular weight is 431 g/mol. The Morgan fingerprint density at radius 3 is 1.43 bits per heavy atom. The first-order valence-electron chi connectivity index (χ1n) is 9.69. The van der Waals surface area contributed by atoms with Gasteiger partial charge >= 0.3 is 0 Å². The second-order valence-corrected chi connectivity index (χ2v) is 8.24. The fraction of sp³-hybridized carbons (Fsp3) is 0.778. The Morgan fingerprint density at radius 1 is 0.679 bits per heavy atom. The summed E-state index contributed by atoms with van der Waals surface area (Å²) in [5.74, 6) is 4.21. The minimum Gasteiger partial charge on any atom is -0.480 e. The summed E-state index contributed by atoms with van der Waals surface area (Å²) >= 11 is 0. The summed E-state index contributed by atoms with van der Waals surface area (Å²) in [6.07, 6.45) is 0. The summed E-state index contributed by atoms with van der Waals surface area (Å²) in [6, 6.07) is -0.247. The molecule has 0 N–H and O–H groups in total. The van der Waals surface area contributed by atoms with Crippen molar-refractivity contribution in [3.63, 3.8) is 0 Å². The molecule has 8 nitrogen and oxygen atoms in total. The summed E-state index contributed by atoms with van der Waals surface area (Å²) in [5.41, 5.74) is 0.